The zero-order chi connectivity index (χ0) is 25.0. The first-order chi connectivity index (χ1) is 17.3. The van der Waals surface area contributed by atoms with E-state index < -0.39 is 5.92 Å². The average molecular weight is 533 g/mol. The second-order valence-corrected chi connectivity index (χ2v) is 9.62. The van der Waals surface area contributed by atoms with Gasteiger partial charge in [0, 0.05) is 50.2 Å². The number of hydrogen-bond donors (Lipinski definition) is 1. The third-order valence-corrected chi connectivity index (χ3v) is 6.86. The summed E-state index contributed by atoms with van der Waals surface area (Å²) < 4.78 is 44.4. The van der Waals surface area contributed by atoms with Crippen molar-refractivity contribution in [3.05, 3.63) is 65.5 Å². The van der Waals surface area contributed by atoms with Crippen molar-refractivity contribution in [1.82, 2.24) is 34.7 Å². The highest BCUT2D eigenvalue weighted by Gasteiger charge is 2.45. The van der Waals surface area contributed by atoms with Gasteiger partial charge in [0.1, 0.15) is 17.3 Å². The highest BCUT2D eigenvalue weighted by molar-refractivity contribution is 5.95. The molecule has 0 radical (unpaired) electrons. The number of fused-ring (bicyclic) bond motifs is 1. The van der Waals surface area contributed by atoms with Crippen molar-refractivity contribution in [2.24, 2.45) is 5.92 Å². The number of nitrogens with zero attached hydrogens (tertiary/aromatic N) is 7. The number of hydrogen-bond acceptors (Lipinski definition) is 6. The lowest BCUT2D eigenvalue weighted by Gasteiger charge is -2.38. The van der Waals surface area contributed by atoms with Crippen molar-refractivity contribution in [3.63, 3.8) is 0 Å². The first kappa shape index (κ1) is 25.0. The summed E-state index contributed by atoms with van der Waals surface area (Å²) in [6, 6.07) is 7.95. The van der Waals surface area contributed by atoms with E-state index in [4.69, 9.17) is 10.8 Å². The minimum Gasteiger partial charge on any atom is -0.384 e. The van der Waals surface area contributed by atoms with E-state index in [1.165, 1.54) is 18.3 Å². The van der Waals surface area contributed by atoms with E-state index in [1.54, 1.807) is 38.7 Å². The van der Waals surface area contributed by atoms with E-state index in [2.05, 4.69) is 15.3 Å². The number of alkyl halides is 2. The van der Waals surface area contributed by atoms with Gasteiger partial charge in [0.2, 0.25) is 5.92 Å². The Hall–Kier alpha value is -3.67. The van der Waals surface area contributed by atoms with Gasteiger partial charge < -0.3 is 10.6 Å². The Bertz CT molecular complexity index is 1460. The molecule has 0 unspecified atom stereocenters. The normalized spacial score (nSPS) is 17.3. The minimum absolute atomic E-state index is 0. The second-order valence-electron chi connectivity index (χ2n) is 9.62. The molecule has 0 bridgehead atoms. The summed E-state index contributed by atoms with van der Waals surface area (Å²) in [5.41, 5.74) is 7.95. The van der Waals surface area contributed by atoms with Crippen molar-refractivity contribution >= 4 is 35.0 Å². The van der Waals surface area contributed by atoms with Gasteiger partial charge >= 0.3 is 0 Å². The monoisotopic (exact) mass is 532 g/mol. The lowest BCUT2D eigenvalue weighted by molar-refractivity contribution is -0.114. The highest BCUT2D eigenvalue weighted by Crippen LogP contribution is 2.43. The Morgan fingerprint density at radius 2 is 1.97 bits per heavy atom. The number of rotatable bonds is 6. The maximum absolute atomic E-state index is 14.9. The van der Waals surface area contributed by atoms with Crippen LogP contribution in [0.3, 0.4) is 0 Å². The van der Waals surface area contributed by atoms with Crippen molar-refractivity contribution in [2.45, 2.75) is 37.8 Å². The van der Waals surface area contributed by atoms with Gasteiger partial charge in [-0.3, -0.25) is 14.2 Å². The Morgan fingerprint density at radius 3 is 2.70 bits per heavy atom. The second kappa shape index (κ2) is 9.33. The van der Waals surface area contributed by atoms with Gasteiger partial charge in [-0.15, -0.1) is 17.5 Å². The summed E-state index contributed by atoms with van der Waals surface area (Å²) in [6.45, 7) is 1.46. The predicted molar refractivity (Wildman–Crippen MR) is 131 cm³/mol. The largest absolute Gasteiger partial charge is 0.384 e. The Labute approximate surface area is 215 Å². The molecular formula is C24H24ClF3N8O. The highest BCUT2D eigenvalue weighted by atomic mass is 35.5. The molecule has 37 heavy (non-hydrogen) atoms. The maximum Gasteiger partial charge on any atom is 0.254 e. The number of carbonyl (C=O) groups excluding carboxylic acids is 1. The lowest BCUT2D eigenvalue weighted by atomic mass is 9.81. The van der Waals surface area contributed by atoms with Crippen LogP contribution in [0.5, 0.6) is 0 Å². The quantitative estimate of drug-likeness (QED) is 0.407. The van der Waals surface area contributed by atoms with Crippen LogP contribution in [0.25, 0.3) is 10.9 Å². The number of carbonyl (C=O) groups is 1. The van der Waals surface area contributed by atoms with E-state index >= 15 is 0 Å². The van der Waals surface area contributed by atoms with Crippen LogP contribution in [-0.4, -0.2) is 59.6 Å². The van der Waals surface area contributed by atoms with E-state index in [-0.39, 0.29) is 61.2 Å². The number of likely N-dealkylation sites (tertiary alicyclic amines) is 1. The topological polar surface area (TPSA) is 108 Å². The predicted octanol–water partition coefficient (Wildman–Crippen LogP) is 3.50. The van der Waals surface area contributed by atoms with Crippen LogP contribution in [0.1, 0.15) is 40.5 Å². The van der Waals surface area contributed by atoms with E-state index in [1.807, 2.05) is 0 Å². The molecule has 9 nitrogen and oxygen atoms in total. The molecule has 194 valence electrons. The number of aromatic nitrogens is 6. The van der Waals surface area contributed by atoms with Gasteiger partial charge in [-0.05, 0) is 30.2 Å². The smallest absolute Gasteiger partial charge is 0.254 e. The van der Waals surface area contributed by atoms with Gasteiger partial charge in [0.05, 0.1) is 29.3 Å². The van der Waals surface area contributed by atoms with Crippen LogP contribution in [0, 0.1) is 11.7 Å². The molecule has 6 rings (SSSR count). The van der Waals surface area contributed by atoms with Gasteiger partial charge in [-0.1, -0.05) is 11.3 Å². The zero-order valence-corrected chi connectivity index (χ0v) is 20.4. The average Bonchev–Trinajstić information content (AvgIpc) is 3.37. The summed E-state index contributed by atoms with van der Waals surface area (Å²) >= 11 is 0. The molecule has 13 heteroatoms. The molecule has 0 spiro atoms. The molecule has 1 saturated carbocycles. The Morgan fingerprint density at radius 1 is 1.19 bits per heavy atom. The van der Waals surface area contributed by atoms with Crippen LogP contribution in [0.2, 0.25) is 0 Å². The molecule has 4 aromatic rings. The number of nitrogen functional groups attached to an aromatic ring is 1. The molecule has 2 aliphatic rings. The number of anilines is 1. The van der Waals surface area contributed by atoms with Crippen LogP contribution in [-0.2, 0) is 13.1 Å². The van der Waals surface area contributed by atoms with Crippen molar-refractivity contribution in [2.75, 3.05) is 18.8 Å². The fourth-order valence-electron chi connectivity index (χ4n) is 5.04. The number of halogens is 4. The summed E-state index contributed by atoms with van der Waals surface area (Å²) in [6.07, 6.45) is 2.93. The number of pyridine rings is 1. The number of amides is 1. The van der Waals surface area contributed by atoms with E-state index in [0.29, 0.717) is 47.5 Å². The van der Waals surface area contributed by atoms with Gasteiger partial charge in [-0.25, -0.2) is 18.2 Å². The summed E-state index contributed by atoms with van der Waals surface area (Å²) in [5, 5.41) is 13.3. The standard InChI is InChI=1S/C24H23F3N8O.ClH/c25-18-2-1-3-19-21(18)22(16-10-33(11-16)23(36)15-4-5-29-20(28)6-15)31-35(19)13-17-12-34(32-30-17)9-14-7-24(26,27)8-14;/h1-6,12,14,16H,7-11,13H2,(H2,28,29);1H. The number of nitrogens with two attached hydrogens (primary N) is 1. The molecule has 3 aromatic heterocycles. The fourth-order valence-corrected chi connectivity index (χ4v) is 5.04. The molecule has 0 atom stereocenters. The Balaban J connectivity index is 0.00000280. The SMILES string of the molecule is Cl.Nc1cc(C(=O)N2CC(c3nn(Cc4cn(CC5CC(F)(F)C5)nn4)c4cccc(F)c34)C2)ccn1. The molecule has 1 aliphatic heterocycles. The molecule has 2 N–H and O–H groups in total. The van der Waals surface area contributed by atoms with Gasteiger partial charge in [0.25, 0.3) is 5.91 Å². The van der Waals surface area contributed by atoms with Crippen LogP contribution in [0.15, 0.2) is 42.7 Å². The summed E-state index contributed by atoms with van der Waals surface area (Å²) in [4.78, 5) is 18.3. The summed E-state index contributed by atoms with van der Waals surface area (Å²) in [5.74, 6) is -3.08. The van der Waals surface area contributed by atoms with Crippen LogP contribution < -0.4 is 5.73 Å². The molecule has 1 aliphatic carbocycles. The lowest BCUT2D eigenvalue weighted by Crippen LogP contribution is -2.48. The van der Waals surface area contributed by atoms with Crippen molar-refractivity contribution in [1.29, 1.82) is 0 Å². The molecular weight excluding hydrogens is 509 g/mol. The van der Waals surface area contributed by atoms with Crippen LogP contribution in [0.4, 0.5) is 19.0 Å². The number of benzene rings is 1. The minimum atomic E-state index is -2.57. The summed E-state index contributed by atoms with van der Waals surface area (Å²) in [7, 11) is 0. The first-order valence-corrected chi connectivity index (χ1v) is 11.7. The van der Waals surface area contributed by atoms with E-state index in [0.717, 1.165) is 0 Å². The van der Waals surface area contributed by atoms with Crippen molar-refractivity contribution in [3.8, 4) is 0 Å². The third-order valence-electron chi connectivity index (χ3n) is 6.86. The molecule has 1 saturated heterocycles. The van der Waals surface area contributed by atoms with Crippen LogP contribution >= 0.6 is 12.4 Å². The zero-order valence-electron chi connectivity index (χ0n) is 19.6. The van der Waals surface area contributed by atoms with Gasteiger partial charge in [0.15, 0.2) is 0 Å². The molecule has 4 heterocycles. The molecule has 1 aromatic carbocycles. The van der Waals surface area contributed by atoms with E-state index in [9.17, 15) is 18.0 Å². The first-order valence-electron chi connectivity index (χ1n) is 11.7. The van der Waals surface area contributed by atoms with Gasteiger partial charge in [-0.2, -0.15) is 5.10 Å². The Kier molecular flexibility index (Phi) is 6.30. The maximum atomic E-state index is 14.9. The fraction of sp³-hybridized carbons (Fsp3) is 0.375. The molecule has 2 fully saturated rings. The molecule has 1 amide bonds. The third kappa shape index (κ3) is 4.73. The van der Waals surface area contributed by atoms with Crippen molar-refractivity contribution < 1.29 is 18.0 Å².